The van der Waals surface area contributed by atoms with Crippen LogP contribution in [0.5, 0.6) is 0 Å². The standard InChI is InChI=1S/C20H38N4O2.HI/c1-5-21-20(24-14-17(3)18(15-24)19(25)26-4)22-10-6-7-11-23-12-8-9-16(2)13-23;/h16-18H,5-15H2,1-4H3,(H,21,22);1H. The Kier molecular flexibility index (Phi) is 11.6. The number of esters is 1. The third kappa shape index (κ3) is 7.75. The van der Waals surface area contributed by atoms with Crippen molar-refractivity contribution in [2.45, 2.75) is 46.5 Å². The molecular formula is C20H39IN4O2. The maximum absolute atomic E-state index is 11.9. The van der Waals surface area contributed by atoms with Gasteiger partial charge in [-0.1, -0.05) is 13.8 Å². The minimum absolute atomic E-state index is 0. The minimum atomic E-state index is -0.105. The molecule has 2 aliphatic heterocycles. The number of halogens is 1. The zero-order chi connectivity index (χ0) is 18.9. The first-order chi connectivity index (χ1) is 12.5. The number of nitrogens with zero attached hydrogens (tertiary/aromatic N) is 3. The molecule has 2 heterocycles. The number of carbonyl (C=O) groups excluding carboxylic acids is 1. The molecule has 0 bridgehead atoms. The molecular weight excluding hydrogens is 455 g/mol. The van der Waals surface area contributed by atoms with Crippen LogP contribution in [0.1, 0.15) is 46.5 Å². The Morgan fingerprint density at radius 3 is 2.67 bits per heavy atom. The van der Waals surface area contributed by atoms with Crippen molar-refractivity contribution in [3.8, 4) is 0 Å². The highest BCUT2D eigenvalue weighted by molar-refractivity contribution is 14.0. The van der Waals surface area contributed by atoms with Crippen LogP contribution in [0.3, 0.4) is 0 Å². The number of hydrogen-bond acceptors (Lipinski definition) is 4. The summed E-state index contributed by atoms with van der Waals surface area (Å²) in [6.45, 7) is 13.5. The van der Waals surface area contributed by atoms with Gasteiger partial charge in [0.15, 0.2) is 5.96 Å². The lowest BCUT2D eigenvalue weighted by molar-refractivity contribution is -0.145. The molecule has 0 radical (unpaired) electrons. The molecule has 0 aromatic rings. The van der Waals surface area contributed by atoms with Crippen molar-refractivity contribution in [1.82, 2.24) is 15.1 Å². The first kappa shape index (κ1) is 24.5. The second-order valence-corrected chi connectivity index (χ2v) is 8.00. The SMILES string of the molecule is CCNC(=NCCCCN1CCCC(C)C1)N1CC(C)C(C(=O)OC)C1.I. The van der Waals surface area contributed by atoms with Crippen LogP contribution in [-0.4, -0.2) is 74.7 Å². The Morgan fingerprint density at radius 2 is 2.00 bits per heavy atom. The summed E-state index contributed by atoms with van der Waals surface area (Å²) in [7, 11) is 1.47. The quantitative estimate of drug-likeness (QED) is 0.194. The average molecular weight is 494 g/mol. The lowest BCUT2D eigenvalue weighted by Crippen LogP contribution is -2.40. The number of piperidine rings is 1. The molecule has 1 N–H and O–H groups in total. The Bertz CT molecular complexity index is 475. The van der Waals surface area contributed by atoms with Crippen LogP contribution in [0.15, 0.2) is 4.99 Å². The number of likely N-dealkylation sites (tertiary alicyclic amines) is 2. The van der Waals surface area contributed by atoms with Crippen LogP contribution in [0.4, 0.5) is 0 Å². The van der Waals surface area contributed by atoms with E-state index in [-0.39, 0.29) is 35.9 Å². The molecule has 7 heteroatoms. The highest BCUT2D eigenvalue weighted by Gasteiger charge is 2.36. The van der Waals surface area contributed by atoms with Crippen LogP contribution < -0.4 is 5.32 Å². The molecule has 0 spiro atoms. The molecule has 158 valence electrons. The summed E-state index contributed by atoms with van der Waals surface area (Å²) < 4.78 is 4.94. The lowest BCUT2D eigenvalue weighted by Gasteiger charge is -2.30. The van der Waals surface area contributed by atoms with Gasteiger partial charge in [-0.3, -0.25) is 9.79 Å². The van der Waals surface area contributed by atoms with Gasteiger partial charge in [-0.05, 0) is 57.5 Å². The number of ether oxygens (including phenoxy) is 1. The van der Waals surface area contributed by atoms with Crippen molar-refractivity contribution in [2.24, 2.45) is 22.7 Å². The highest BCUT2D eigenvalue weighted by Crippen LogP contribution is 2.24. The molecule has 6 nitrogen and oxygen atoms in total. The van der Waals surface area contributed by atoms with E-state index in [1.165, 1.54) is 46.0 Å². The van der Waals surface area contributed by atoms with Gasteiger partial charge in [-0.2, -0.15) is 0 Å². The Labute approximate surface area is 182 Å². The van der Waals surface area contributed by atoms with Crippen LogP contribution in [-0.2, 0) is 9.53 Å². The van der Waals surface area contributed by atoms with E-state index in [9.17, 15) is 4.79 Å². The molecule has 3 unspecified atom stereocenters. The average Bonchev–Trinajstić information content (AvgIpc) is 3.01. The summed E-state index contributed by atoms with van der Waals surface area (Å²) in [4.78, 5) is 21.5. The second-order valence-electron chi connectivity index (χ2n) is 8.00. The molecule has 2 rings (SSSR count). The van der Waals surface area contributed by atoms with Gasteiger partial charge in [-0.25, -0.2) is 0 Å². The third-order valence-electron chi connectivity index (χ3n) is 5.64. The van der Waals surface area contributed by atoms with Gasteiger partial charge >= 0.3 is 5.97 Å². The fraction of sp³-hybridized carbons (Fsp3) is 0.900. The Balaban J connectivity index is 0.00000364. The Morgan fingerprint density at radius 1 is 1.22 bits per heavy atom. The molecule has 2 fully saturated rings. The number of hydrogen-bond donors (Lipinski definition) is 1. The van der Waals surface area contributed by atoms with Gasteiger partial charge in [0.1, 0.15) is 0 Å². The first-order valence-electron chi connectivity index (χ1n) is 10.4. The number of rotatable bonds is 7. The van der Waals surface area contributed by atoms with E-state index in [0.717, 1.165) is 37.9 Å². The molecule has 2 saturated heterocycles. The summed E-state index contributed by atoms with van der Waals surface area (Å²) in [5.74, 6) is 1.93. The van der Waals surface area contributed by atoms with E-state index in [4.69, 9.17) is 9.73 Å². The number of carbonyl (C=O) groups is 1. The monoisotopic (exact) mass is 494 g/mol. The fourth-order valence-electron chi connectivity index (χ4n) is 4.15. The van der Waals surface area contributed by atoms with Crippen LogP contribution >= 0.6 is 24.0 Å². The van der Waals surface area contributed by atoms with E-state index in [0.29, 0.717) is 12.5 Å². The van der Waals surface area contributed by atoms with Crippen molar-refractivity contribution in [1.29, 1.82) is 0 Å². The number of aliphatic imine (C=N–C) groups is 1. The maximum Gasteiger partial charge on any atom is 0.310 e. The molecule has 0 amide bonds. The summed E-state index contributed by atoms with van der Waals surface area (Å²) in [6, 6.07) is 0. The third-order valence-corrected chi connectivity index (χ3v) is 5.64. The summed E-state index contributed by atoms with van der Waals surface area (Å²) in [5.41, 5.74) is 0. The first-order valence-corrected chi connectivity index (χ1v) is 10.4. The van der Waals surface area contributed by atoms with E-state index in [2.05, 4.69) is 35.9 Å². The van der Waals surface area contributed by atoms with Crippen LogP contribution in [0.2, 0.25) is 0 Å². The van der Waals surface area contributed by atoms with Gasteiger partial charge in [-0.15, -0.1) is 24.0 Å². The molecule has 0 aromatic heterocycles. The van der Waals surface area contributed by atoms with Crippen molar-refractivity contribution in [2.75, 3.05) is 52.9 Å². The van der Waals surface area contributed by atoms with Crippen molar-refractivity contribution in [3.63, 3.8) is 0 Å². The summed E-state index contributed by atoms with van der Waals surface area (Å²) >= 11 is 0. The highest BCUT2D eigenvalue weighted by atomic mass is 127. The molecule has 3 atom stereocenters. The molecule has 0 saturated carbocycles. The smallest absolute Gasteiger partial charge is 0.310 e. The fourth-order valence-corrected chi connectivity index (χ4v) is 4.15. The summed E-state index contributed by atoms with van der Waals surface area (Å²) in [6.07, 6.45) is 5.05. The zero-order valence-electron chi connectivity index (χ0n) is 17.6. The van der Waals surface area contributed by atoms with Gasteiger partial charge in [0.05, 0.1) is 13.0 Å². The van der Waals surface area contributed by atoms with Crippen LogP contribution in [0, 0.1) is 17.8 Å². The van der Waals surface area contributed by atoms with E-state index in [1.54, 1.807) is 0 Å². The molecule has 27 heavy (non-hydrogen) atoms. The number of methoxy groups -OCH3 is 1. The Hall–Kier alpha value is -0.570. The summed E-state index contributed by atoms with van der Waals surface area (Å²) in [5, 5.41) is 3.38. The van der Waals surface area contributed by atoms with E-state index < -0.39 is 0 Å². The van der Waals surface area contributed by atoms with E-state index >= 15 is 0 Å². The lowest BCUT2D eigenvalue weighted by atomic mass is 9.99. The van der Waals surface area contributed by atoms with Gasteiger partial charge in [0, 0.05) is 32.7 Å². The van der Waals surface area contributed by atoms with Crippen molar-refractivity contribution < 1.29 is 9.53 Å². The molecule has 0 aliphatic carbocycles. The van der Waals surface area contributed by atoms with Crippen molar-refractivity contribution >= 4 is 35.9 Å². The number of nitrogens with one attached hydrogen (secondary N) is 1. The predicted molar refractivity (Wildman–Crippen MR) is 122 cm³/mol. The normalized spacial score (nSPS) is 26.6. The number of guanidine groups is 1. The number of unbranched alkanes of at least 4 members (excludes halogenated alkanes) is 1. The van der Waals surface area contributed by atoms with Crippen LogP contribution in [0.25, 0.3) is 0 Å². The van der Waals surface area contributed by atoms with Crippen molar-refractivity contribution in [3.05, 3.63) is 0 Å². The topological polar surface area (TPSA) is 57.2 Å². The largest absolute Gasteiger partial charge is 0.469 e. The molecule has 0 aromatic carbocycles. The van der Waals surface area contributed by atoms with E-state index in [1.807, 2.05) is 0 Å². The zero-order valence-corrected chi connectivity index (χ0v) is 19.9. The minimum Gasteiger partial charge on any atom is -0.469 e. The van der Waals surface area contributed by atoms with Gasteiger partial charge in [0.2, 0.25) is 0 Å². The predicted octanol–water partition coefficient (Wildman–Crippen LogP) is 2.82. The van der Waals surface area contributed by atoms with Gasteiger partial charge in [0.25, 0.3) is 0 Å². The molecule has 2 aliphatic rings. The van der Waals surface area contributed by atoms with Gasteiger partial charge < -0.3 is 19.9 Å². The maximum atomic E-state index is 11.9. The second kappa shape index (κ2) is 12.8.